The van der Waals surface area contributed by atoms with Crippen LogP contribution in [-0.4, -0.2) is 25.3 Å². The zero-order chi connectivity index (χ0) is 8.55. The van der Waals surface area contributed by atoms with Crippen molar-refractivity contribution in [3.05, 3.63) is 0 Å². The van der Waals surface area contributed by atoms with Gasteiger partial charge in [0.1, 0.15) is 0 Å². The number of esters is 1. The van der Waals surface area contributed by atoms with E-state index in [4.69, 9.17) is 9.47 Å². The third-order valence-electron chi connectivity index (χ3n) is 2.65. The summed E-state index contributed by atoms with van der Waals surface area (Å²) in [7, 11) is 0. The van der Waals surface area contributed by atoms with Gasteiger partial charge in [-0.1, -0.05) is 0 Å². The molecule has 2 rings (SSSR count). The number of rotatable bonds is 2. The molecule has 0 radical (unpaired) electrons. The zero-order valence-corrected chi connectivity index (χ0v) is 7.29. The van der Waals surface area contributed by atoms with Crippen LogP contribution in [0.15, 0.2) is 0 Å². The van der Waals surface area contributed by atoms with Crippen LogP contribution in [0.25, 0.3) is 0 Å². The molecule has 0 aromatic carbocycles. The van der Waals surface area contributed by atoms with Gasteiger partial charge in [0.15, 0.2) is 0 Å². The number of hydrogen-bond acceptors (Lipinski definition) is 3. The lowest BCUT2D eigenvalue weighted by Gasteiger charge is -2.07. The molecule has 3 atom stereocenters. The molecule has 3 heteroatoms. The summed E-state index contributed by atoms with van der Waals surface area (Å²) in [5.74, 6) is 0.472. The average molecular weight is 170 g/mol. The molecule has 0 N–H and O–H groups in total. The number of ether oxygens (including phenoxy) is 2. The van der Waals surface area contributed by atoms with Crippen molar-refractivity contribution < 1.29 is 14.3 Å². The van der Waals surface area contributed by atoms with Gasteiger partial charge in [0.2, 0.25) is 0 Å². The Kier molecular flexibility index (Phi) is 2.05. The summed E-state index contributed by atoms with van der Waals surface area (Å²) < 4.78 is 10.4. The number of carbonyl (C=O) groups excluding carboxylic acids is 1. The van der Waals surface area contributed by atoms with Gasteiger partial charge < -0.3 is 9.47 Å². The number of carbonyl (C=O) groups is 1. The molecule has 1 aliphatic heterocycles. The molecule has 0 aromatic heterocycles. The molecular weight excluding hydrogens is 156 g/mol. The van der Waals surface area contributed by atoms with Crippen molar-refractivity contribution in [3.63, 3.8) is 0 Å². The topological polar surface area (TPSA) is 35.5 Å². The van der Waals surface area contributed by atoms with E-state index in [0.29, 0.717) is 12.5 Å². The van der Waals surface area contributed by atoms with E-state index < -0.39 is 0 Å². The van der Waals surface area contributed by atoms with Crippen molar-refractivity contribution in [2.24, 2.45) is 11.8 Å². The van der Waals surface area contributed by atoms with Crippen molar-refractivity contribution in [1.82, 2.24) is 0 Å². The van der Waals surface area contributed by atoms with Crippen molar-refractivity contribution in [2.45, 2.75) is 25.9 Å². The number of hydrogen-bond donors (Lipinski definition) is 0. The maximum atomic E-state index is 11.3. The third kappa shape index (κ3) is 1.22. The normalized spacial score (nSPS) is 38.6. The molecule has 2 fully saturated rings. The van der Waals surface area contributed by atoms with Crippen LogP contribution in [0.3, 0.4) is 0 Å². The van der Waals surface area contributed by atoms with Gasteiger partial charge in [-0.3, -0.25) is 4.79 Å². The molecule has 1 unspecified atom stereocenters. The Balaban J connectivity index is 1.87. The van der Waals surface area contributed by atoms with Crippen LogP contribution in [0.4, 0.5) is 0 Å². The van der Waals surface area contributed by atoms with Gasteiger partial charge in [0.25, 0.3) is 0 Å². The predicted molar refractivity (Wildman–Crippen MR) is 42.6 cm³/mol. The van der Waals surface area contributed by atoms with Crippen molar-refractivity contribution >= 4 is 5.97 Å². The largest absolute Gasteiger partial charge is 0.466 e. The maximum Gasteiger partial charge on any atom is 0.311 e. The highest BCUT2D eigenvalue weighted by Crippen LogP contribution is 2.48. The number of fused-ring (bicyclic) bond motifs is 1. The average Bonchev–Trinajstić information content (AvgIpc) is 2.78. The van der Waals surface area contributed by atoms with E-state index in [9.17, 15) is 4.79 Å². The summed E-state index contributed by atoms with van der Waals surface area (Å²) >= 11 is 0. The van der Waals surface area contributed by atoms with E-state index in [2.05, 4.69) is 0 Å². The fourth-order valence-corrected chi connectivity index (χ4v) is 2.00. The van der Waals surface area contributed by atoms with Crippen LogP contribution in [0, 0.1) is 11.8 Å². The fraction of sp³-hybridized carbons (Fsp3) is 0.889. The first-order valence-corrected chi connectivity index (χ1v) is 4.63. The van der Waals surface area contributed by atoms with E-state index in [-0.39, 0.29) is 18.0 Å². The van der Waals surface area contributed by atoms with Crippen molar-refractivity contribution in [1.29, 1.82) is 0 Å². The van der Waals surface area contributed by atoms with Gasteiger partial charge >= 0.3 is 5.97 Å². The van der Waals surface area contributed by atoms with E-state index in [1.165, 1.54) is 0 Å². The minimum atomic E-state index is -0.0607. The SMILES string of the molecule is CCOC(=O)C1[C@H]2CCCO[C@@H]12. The summed E-state index contributed by atoms with van der Waals surface area (Å²) in [6.45, 7) is 3.14. The van der Waals surface area contributed by atoms with Gasteiger partial charge in [0.05, 0.1) is 18.6 Å². The molecule has 68 valence electrons. The van der Waals surface area contributed by atoms with Gasteiger partial charge in [-0.2, -0.15) is 0 Å². The molecule has 0 amide bonds. The highest BCUT2D eigenvalue weighted by molar-refractivity contribution is 5.77. The second kappa shape index (κ2) is 3.05. The Labute approximate surface area is 72.0 Å². The van der Waals surface area contributed by atoms with E-state index >= 15 is 0 Å². The lowest BCUT2D eigenvalue weighted by molar-refractivity contribution is -0.145. The first-order chi connectivity index (χ1) is 5.84. The van der Waals surface area contributed by atoms with Crippen LogP contribution in [0.2, 0.25) is 0 Å². The second-order valence-electron chi connectivity index (χ2n) is 3.42. The van der Waals surface area contributed by atoms with Crippen LogP contribution >= 0.6 is 0 Å². The smallest absolute Gasteiger partial charge is 0.311 e. The van der Waals surface area contributed by atoms with Crippen LogP contribution in [0.1, 0.15) is 19.8 Å². The molecule has 0 bridgehead atoms. The summed E-state index contributed by atoms with van der Waals surface area (Å²) in [5.41, 5.74) is 0. The van der Waals surface area contributed by atoms with Gasteiger partial charge in [0, 0.05) is 12.5 Å². The molecule has 12 heavy (non-hydrogen) atoms. The summed E-state index contributed by atoms with van der Waals surface area (Å²) in [4.78, 5) is 11.3. The van der Waals surface area contributed by atoms with Crippen molar-refractivity contribution in [3.8, 4) is 0 Å². The van der Waals surface area contributed by atoms with Gasteiger partial charge in [-0.25, -0.2) is 0 Å². The standard InChI is InChI=1S/C9H14O3/c1-2-11-9(10)7-6-4-3-5-12-8(6)7/h6-8H,2-5H2,1H3/t6-,7?,8-/m1/s1. The highest BCUT2D eigenvalue weighted by Gasteiger charge is 2.57. The van der Waals surface area contributed by atoms with Crippen LogP contribution < -0.4 is 0 Å². The minimum absolute atomic E-state index is 0.0607. The summed E-state index contributed by atoms with van der Waals surface area (Å²) in [6.07, 6.45) is 2.42. The molecule has 1 saturated heterocycles. The van der Waals surface area contributed by atoms with Gasteiger partial charge in [-0.15, -0.1) is 0 Å². The zero-order valence-electron chi connectivity index (χ0n) is 7.29. The van der Waals surface area contributed by atoms with Crippen molar-refractivity contribution in [2.75, 3.05) is 13.2 Å². The Morgan fingerprint density at radius 1 is 1.67 bits per heavy atom. The lowest BCUT2D eigenvalue weighted by atomic mass is 10.2. The third-order valence-corrected chi connectivity index (χ3v) is 2.65. The minimum Gasteiger partial charge on any atom is -0.466 e. The quantitative estimate of drug-likeness (QED) is 0.579. The fourth-order valence-electron chi connectivity index (χ4n) is 2.00. The molecular formula is C9H14O3. The van der Waals surface area contributed by atoms with E-state index in [1.54, 1.807) is 0 Å². The molecule has 2 aliphatic rings. The molecule has 1 aliphatic carbocycles. The van der Waals surface area contributed by atoms with Gasteiger partial charge in [-0.05, 0) is 19.8 Å². The molecule has 1 saturated carbocycles. The first kappa shape index (κ1) is 8.05. The van der Waals surface area contributed by atoms with Crippen LogP contribution in [-0.2, 0) is 14.3 Å². The maximum absolute atomic E-state index is 11.3. The lowest BCUT2D eigenvalue weighted by Crippen LogP contribution is -2.10. The molecule has 0 aromatic rings. The summed E-state index contributed by atoms with van der Waals surface area (Å²) in [5, 5.41) is 0. The van der Waals surface area contributed by atoms with Crippen LogP contribution in [0.5, 0.6) is 0 Å². The Morgan fingerprint density at radius 2 is 2.50 bits per heavy atom. The second-order valence-corrected chi connectivity index (χ2v) is 3.42. The predicted octanol–water partition coefficient (Wildman–Crippen LogP) is 0.974. The van der Waals surface area contributed by atoms with E-state index in [0.717, 1.165) is 19.4 Å². The molecule has 3 nitrogen and oxygen atoms in total. The summed E-state index contributed by atoms with van der Waals surface area (Å²) in [6, 6.07) is 0. The monoisotopic (exact) mass is 170 g/mol. The molecule has 0 spiro atoms. The molecule has 1 heterocycles. The van der Waals surface area contributed by atoms with E-state index in [1.807, 2.05) is 6.92 Å². The Morgan fingerprint density at radius 3 is 3.08 bits per heavy atom. The highest BCUT2D eigenvalue weighted by atomic mass is 16.5. The first-order valence-electron chi connectivity index (χ1n) is 4.63. The Hall–Kier alpha value is -0.570. The Bertz CT molecular complexity index is 178.